The van der Waals surface area contributed by atoms with Crippen LogP contribution in [0.2, 0.25) is 0 Å². The van der Waals surface area contributed by atoms with Crippen LogP contribution in [0.1, 0.15) is 489 Å². The third kappa shape index (κ3) is 75.6. The number of unbranched alkanes of at least 4 members (excludes halogenated alkanes) is 67. The summed E-state index contributed by atoms with van der Waals surface area (Å²) in [4.78, 5) is 24.7. The van der Waals surface area contributed by atoms with E-state index < -0.39 is 12.1 Å². The molecule has 90 heavy (non-hydrogen) atoms. The van der Waals surface area contributed by atoms with Crippen LogP contribution in [-0.4, -0.2) is 47.4 Å². The van der Waals surface area contributed by atoms with Crippen molar-refractivity contribution in [3.05, 3.63) is 12.2 Å². The lowest BCUT2D eigenvalue weighted by Gasteiger charge is -2.22. The molecule has 0 bridgehead atoms. The molecule has 0 aliphatic heterocycles. The Labute approximate surface area is 565 Å². The molecule has 6 nitrogen and oxygen atoms in total. The number of hydrogen-bond donors (Lipinski definition) is 3. The van der Waals surface area contributed by atoms with E-state index in [4.69, 9.17) is 4.74 Å². The van der Waals surface area contributed by atoms with Crippen molar-refractivity contribution in [1.82, 2.24) is 5.32 Å². The van der Waals surface area contributed by atoms with Gasteiger partial charge in [-0.2, -0.15) is 0 Å². The first-order valence-electron chi connectivity index (χ1n) is 41.9. The molecule has 2 atom stereocenters. The van der Waals surface area contributed by atoms with E-state index in [1.165, 1.54) is 417 Å². The first-order valence-corrected chi connectivity index (χ1v) is 41.9. The summed E-state index contributed by atoms with van der Waals surface area (Å²) in [6, 6.07) is -0.539. The molecule has 0 aromatic rings. The largest absolute Gasteiger partial charge is 0.466 e. The highest BCUT2D eigenvalue weighted by atomic mass is 16.5. The monoisotopic (exact) mass is 1270 g/mol. The lowest BCUT2D eigenvalue weighted by Crippen LogP contribution is -2.45. The maximum absolute atomic E-state index is 12.6. The summed E-state index contributed by atoms with van der Waals surface area (Å²) < 4.78 is 5.51. The average molecular weight is 1270 g/mol. The predicted molar refractivity (Wildman–Crippen MR) is 398 cm³/mol. The minimum absolute atomic E-state index is 0.0253. The van der Waals surface area contributed by atoms with Gasteiger partial charge in [0.15, 0.2) is 0 Å². The van der Waals surface area contributed by atoms with E-state index in [0.717, 1.165) is 38.5 Å². The molecule has 536 valence electrons. The molecular weight excluding hydrogens is 1100 g/mol. The molecule has 2 unspecified atom stereocenters. The van der Waals surface area contributed by atoms with Gasteiger partial charge in [-0.15, -0.1) is 0 Å². The summed E-state index contributed by atoms with van der Waals surface area (Å²) in [7, 11) is 0. The van der Waals surface area contributed by atoms with Gasteiger partial charge in [0.2, 0.25) is 5.91 Å². The Morgan fingerprint density at radius 1 is 0.300 bits per heavy atom. The molecule has 0 fully saturated rings. The molecule has 0 aliphatic carbocycles. The summed E-state index contributed by atoms with van der Waals surface area (Å²) in [5.74, 6) is 0.00101. The number of ether oxygens (including phenoxy) is 1. The van der Waals surface area contributed by atoms with Crippen LogP contribution in [-0.2, 0) is 14.3 Å². The first kappa shape index (κ1) is 88.6. The molecule has 0 heterocycles. The van der Waals surface area contributed by atoms with Crippen molar-refractivity contribution >= 4 is 11.9 Å². The normalized spacial score (nSPS) is 12.4. The lowest BCUT2D eigenvalue weighted by molar-refractivity contribution is -0.143. The molecule has 6 heteroatoms. The number of carbonyl (C=O) groups excluding carboxylic acids is 2. The van der Waals surface area contributed by atoms with E-state index in [1.54, 1.807) is 0 Å². The van der Waals surface area contributed by atoms with Gasteiger partial charge in [0.25, 0.3) is 0 Å². The molecule has 0 spiro atoms. The van der Waals surface area contributed by atoms with Gasteiger partial charge < -0.3 is 20.3 Å². The Morgan fingerprint density at radius 3 is 0.789 bits per heavy atom. The molecule has 0 rings (SSSR count). The number of carbonyl (C=O) groups is 2. The second-order valence-corrected chi connectivity index (χ2v) is 29.2. The summed E-state index contributed by atoms with van der Waals surface area (Å²) in [6.07, 6.45) is 102. The van der Waals surface area contributed by atoms with Gasteiger partial charge in [-0.1, -0.05) is 437 Å². The van der Waals surface area contributed by atoms with Crippen LogP contribution in [0, 0.1) is 0 Å². The van der Waals surface area contributed by atoms with Crippen LogP contribution >= 0.6 is 0 Å². The smallest absolute Gasteiger partial charge is 0.305 e. The average Bonchev–Trinajstić information content (AvgIpc) is 3.58. The van der Waals surface area contributed by atoms with Crippen molar-refractivity contribution in [3.8, 4) is 0 Å². The van der Waals surface area contributed by atoms with Crippen molar-refractivity contribution in [2.24, 2.45) is 0 Å². The zero-order valence-electron chi connectivity index (χ0n) is 61.7. The number of esters is 1. The Balaban J connectivity index is 3.32. The number of aliphatic hydroxyl groups excluding tert-OH is 2. The van der Waals surface area contributed by atoms with E-state index in [9.17, 15) is 19.8 Å². The van der Waals surface area contributed by atoms with Gasteiger partial charge in [-0.3, -0.25) is 9.59 Å². The summed E-state index contributed by atoms with van der Waals surface area (Å²) in [6.45, 7) is 5.02. The molecule has 0 aliphatic rings. The molecule has 0 saturated carbocycles. The Kier molecular flexibility index (Phi) is 78.8. The van der Waals surface area contributed by atoms with Crippen LogP contribution in [0.4, 0.5) is 0 Å². The minimum atomic E-state index is -0.662. The number of nitrogens with one attached hydrogen (secondary N) is 1. The zero-order chi connectivity index (χ0) is 64.9. The molecule has 1 amide bonds. The highest BCUT2D eigenvalue weighted by Gasteiger charge is 2.20. The number of rotatable bonds is 80. The summed E-state index contributed by atoms with van der Waals surface area (Å²) in [5, 5.41) is 23.5. The predicted octanol–water partition coefficient (Wildman–Crippen LogP) is 27.8. The highest BCUT2D eigenvalue weighted by Crippen LogP contribution is 2.21. The quantitative estimate of drug-likeness (QED) is 0.0320. The fourth-order valence-corrected chi connectivity index (χ4v) is 13.7. The maximum Gasteiger partial charge on any atom is 0.305 e. The molecular formula is C84H165NO5. The van der Waals surface area contributed by atoms with Crippen molar-refractivity contribution in [3.63, 3.8) is 0 Å². The molecule has 0 aromatic heterocycles. The van der Waals surface area contributed by atoms with Gasteiger partial charge in [-0.05, 0) is 51.4 Å². The lowest BCUT2D eigenvalue weighted by atomic mass is 10.0. The highest BCUT2D eigenvalue weighted by molar-refractivity contribution is 5.76. The molecule has 0 saturated heterocycles. The van der Waals surface area contributed by atoms with Gasteiger partial charge in [0.1, 0.15) is 0 Å². The maximum atomic E-state index is 12.6. The van der Waals surface area contributed by atoms with Gasteiger partial charge in [0, 0.05) is 12.8 Å². The topological polar surface area (TPSA) is 95.9 Å². The van der Waals surface area contributed by atoms with E-state index >= 15 is 0 Å². The van der Waals surface area contributed by atoms with Crippen LogP contribution in [0.3, 0.4) is 0 Å². The third-order valence-electron chi connectivity index (χ3n) is 20.1. The first-order chi connectivity index (χ1) is 44.5. The third-order valence-corrected chi connectivity index (χ3v) is 20.1. The Hall–Kier alpha value is -1.40. The zero-order valence-corrected chi connectivity index (χ0v) is 61.7. The van der Waals surface area contributed by atoms with Gasteiger partial charge in [-0.25, -0.2) is 0 Å². The standard InChI is InChI=1S/C84H165NO5/c1-3-5-7-9-11-13-15-17-19-21-22-42-45-48-52-56-60-64-68-72-76-82(87)81(80-86)85-83(88)77-73-69-65-61-57-53-49-46-43-40-38-36-34-32-30-28-26-24-23-25-27-29-31-33-35-37-39-41-44-47-51-55-59-63-67-71-75-79-90-84(89)78-74-70-66-62-58-54-50-20-18-16-14-12-10-8-6-4-2/h23,25,81-82,86-87H,3-22,24,26-80H2,1-2H3,(H,85,88)/b25-23-. The van der Waals surface area contributed by atoms with E-state index in [-0.39, 0.29) is 18.5 Å². The number of allylic oxidation sites excluding steroid dienone is 2. The molecule has 0 radical (unpaired) electrons. The second-order valence-electron chi connectivity index (χ2n) is 29.2. The van der Waals surface area contributed by atoms with Crippen LogP contribution in [0.5, 0.6) is 0 Å². The van der Waals surface area contributed by atoms with Crippen molar-refractivity contribution < 1.29 is 24.5 Å². The second kappa shape index (κ2) is 80.0. The van der Waals surface area contributed by atoms with Gasteiger partial charge in [0.05, 0.1) is 25.4 Å². The fourth-order valence-electron chi connectivity index (χ4n) is 13.7. The van der Waals surface area contributed by atoms with Crippen molar-refractivity contribution in [2.45, 2.75) is 501 Å². The molecule has 0 aromatic carbocycles. The Bertz CT molecular complexity index is 1370. The SMILES string of the molecule is CCCCCCCCCCCCCCCCCCCCCCC(O)C(CO)NC(=O)CCCCCCCCCCCCCCCCCCC/C=C\CCCCCCCCCCCCCCCCCCOC(=O)CCCCCCCCCCCCCCCCCC. The van der Waals surface area contributed by atoms with Crippen LogP contribution in [0.25, 0.3) is 0 Å². The fraction of sp³-hybridized carbons (Fsp3) is 0.952. The Morgan fingerprint density at radius 2 is 0.522 bits per heavy atom. The van der Waals surface area contributed by atoms with Crippen LogP contribution in [0.15, 0.2) is 12.2 Å². The van der Waals surface area contributed by atoms with Crippen LogP contribution < -0.4 is 5.32 Å². The number of aliphatic hydroxyl groups is 2. The van der Waals surface area contributed by atoms with Crippen molar-refractivity contribution in [1.29, 1.82) is 0 Å². The van der Waals surface area contributed by atoms with Gasteiger partial charge >= 0.3 is 5.97 Å². The summed E-state index contributed by atoms with van der Waals surface area (Å²) >= 11 is 0. The number of amides is 1. The van der Waals surface area contributed by atoms with Crippen molar-refractivity contribution in [2.75, 3.05) is 13.2 Å². The number of hydrogen-bond acceptors (Lipinski definition) is 5. The minimum Gasteiger partial charge on any atom is -0.466 e. The molecule has 3 N–H and O–H groups in total. The van der Waals surface area contributed by atoms with E-state index in [2.05, 4.69) is 31.3 Å². The van der Waals surface area contributed by atoms with E-state index in [0.29, 0.717) is 25.9 Å². The summed E-state index contributed by atoms with van der Waals surface area (Å²) in [5.41, 5.74) is 0. The van der Waals surface area contributed by atoms with E-state index in [1.807, 2.05) is 0 Å².